The van der Waals surface area contributed by atoms with E-state index >= 15 is 0 Å². The Labute approximate surface area is 173 Å². The summed E-state index contributed by atoms with van der Waals surface area (Å²) in [6.45, 7) is 3.51. The largest absolute Gasteiger partial charge is 0.456 e. The van der Waals surface area contributed by atoms with Gasteiger partial charge in [0.15, 0.2) is 18.3 Å². The van der Waals surface area contributed by atoms with Crippen molar-refractivity contribution in [3.63, 3.8) is 0 Å². The molecule has 3 rings (SSSR count). The highest BCUT2D eigenvalue weighted by molar-refractivity contribution is 6.31. The molecule has 1 amide bonds. The molecule has 1 heterocycles. The highest BCUT2D eigenvalue weighted by atomic mass is 35.5. The standard InChI is InChI=1S/C22H21ClN2O4/c1-14-3-6-16(7-4-14)19-12-24-21(29-19)9-10-22(27)28-13-20(26)25-17-8-5-15(2)18(23)11-17/h3-8,11-12H,9-10,13H2,1-2H3,(H,25,26). The highest BCUT2D eigenvalue weighted by Gasteiger charge is 2.12. The maximum atomic E-state index is 11.9. The zero-order valence-electron chi connectivity index (χ0n) is 16.2. The SMILES string of the molecule is Cc1ccc(-c2cnc(CCC(=O)OCC(=O)Nc3ccc(C)c(Cl)c3)o2)cc1. The van der Waals surface area contributed by atoms with Crippen LogP contribution in [0.25, 0.3) is 11.3 Å². The molecule has 0 bridgehead atoms. The van der Waals surface area contributed by atoms with Crippen LogP contribution in [0.2, 0.25) is 5.02 Å². The Kier molecular flexibility index (Phi) is 6.67. The number of carbonyl (C=O) groups is 2. The molecule has 0 fully saturated rings. The molecule has 0 radical (unpaired) electrons. The van der Waals surface area contributed by atoms with Gasteiger partial charge in [-0.05, 0) is 31.5 Å². The van der Waals surface area contributed by atoms with Crippen molar-refractivity contribution >= 4 is 29.2 Å². The molecule has 0 aliphatic rings. The molecule has 1 aromatic heterocycles. The summed E-state index contributed by atoms with van der Waals surface area (Å²) >= 11 is 6.02. The molecule has 0 saturated heterocycles. The molecular formula is C22H21ClN2O4. The van der Waals surface area contributed by atoms with Gasteiger partial charge in [0.1, 0.15) is 0 Å². The first-order valence-corrected chi connectivity index (χ1v) is 9.52. The first-order chi connectivity index (χ1) is 13.9. The fraction of sp³-hybridized carbons (Fsp3) is 0.227. The molecular weight excluding hydrogens is 392 g/mol. The second-order valence-corrected chi connectivity index (χ2v) is 7.06. The van der Waals surface area contributed by atoms with Crippen molar-refractivity contribution in [2.24, 2.45) is 0 Å². The van der Waals surface area contributed by atoms with Crippen LogP contribution in [-0.2, 0) is 20.7 Å². The summed E-state index contributed by atoms with van der Waals surface area (Å²) in [6.07, 6.45) is 1.99. The lowest BCUT2D eigenvalue weighted by Gasteiger charge is -2.07. The Bertz CT molecular complexity index is 1010. The summed E-state index contributed by atoms with van der Waals surface area (Å²) in [5.74, 6) is 0.147. The number of nitrogens with zero attached hydrogens (tertiary/aromatic N) is 1. The Balaban J connectivity index is 1.43. The lowest BCUT2D eigenvalue weighted by molar-refractivity contribution is -0.147. The second-order valence-electron chi connectivity index (χ2n) is 6.66. The summed E-state index contributed by atoms with van der Waals surface area (Å²) in [6, 6.07) is 13.1. The third kappa shape index (κ3) is 5.93. The van der Waals surface area contributed by atoms with E-state index in [4.69, 9.17) is 20.8 Å². The number of benzene rings is 2. The Morgan fingerprint density at radius 3 is 2.62 bits per heavy atom. The van der Waals surface area contributed by atoms with Crippen molar-refractivity contribution in [1.29, 1.82) is 0 Å². The van der Waals surface area contributed by atoms with Gasteiger partial charge in [0, 0.05) is 22.7 Å². The minimum absolute atomic E-state index is 0.0670. The molecule has 6 nitrogen and oxygen atoms in total. The van der Waals surface area contributed by atoms with Crippen LogP contribution in [0, 0.1) is 13.8 Å². The number of hydrogen-bond acceptors (Lipinski definition) is 5. The van der Waals surface area contributed by atoms with Gasteiger partial charge in [0.05, 0.1) is 12.6 Å². The zero-order chi connectivity index (χ0) is 20.8. The van der Waals surface area contributed by atoms with Crippen molar-refractivity contribution in [3.05, 3.63) is 70.7 Å². The number of esters is 1. The number of oxazole rings is 1. The van der Waals surface area contributed by atoms with Gasteiger partial charge < -0.3 is 14.5 Å². The van der Waals surface area contributed by atoms with E-state index in [-0.39, 0.29) is 13.0 Å². The predicted molar refractivity (Wildman–Crippen MR) is 111 cm³/mol. The number of amides is 1. The number of hydrogen-bond donors (Lipinski definition) is 1. The fourth-order valence-corrected chi connectivity index (χ4v) is 2.75. The van der Waals surface area contributed by atoms with Crippen molar-refractivity contribution in [2.45, 2.75) is 26.7 Å². The molecule has 0 unspecified atom stereocenters. The summed E-state index contributed by atoms with van der Waals surface area (Å²) in [5.41, 5.74) is 3.54. The number of halogens is 1. The van der Waals surface area contributed by atoms with E-state index in [0.717, 1.165) is 16.7 Å². The molecule has 0 aliphatic carbocycles. The molecule has 3 aromatic rings. The van der Waals surface area contributed by atoms with Crippen molar-refractivity contribution < 1.29 is 18.7 Å². The molecule has 29 heavy (non-hydrogen) atoms. The lowest BCUT2D eigenvalue weighted by atomic mass is 10.1. The predicted octanol–water partition coefficient (Wildman–Crippen LogP) is 4.73. The minimum atomic E-state index is -0.503. The molecule has 0 atom stereocenters. The highest BCUT2D eigenvalue weighted by Crippen LogP contribution is 2.21. The average Bonchev–Trinajstić information content (AvgIpc) is 3.17. The zero-order valence-corrected chi connectivity index (χ0v) is 17.0. The Morgan fingerprint density at radius 2 is 1.90 bits per heavy atom. The topological polar surface area (TPSA) is 81.4 Å². The third-order valence-electron chi connectivity index (χ3n) is 4.25. The van der Waals surface area contributed by atoms with Gasteiger partial charge in [0.25, 0.3) is 5.91 Å². The molecule has 150 valence electrons. The molecule has 1 N–H and O–H groups in total. The van der Waals surface area contributed by atoms with Crippen LogP contribution >= 0.6 is 11.6 Å². The van der Waals surface area contributed by atoms with Gasteiger partial charge in [-0.1, -0.05) is 47.5 Å². The van der Waals surface area contributed by atoms with Crippen LogP contribution in [0.4, 0.5) is 5.69 Å². The fourth-order valence-electron chi connectivity index (χ4n) is 2.57. The quantitative estimate of drug-likeness (QED) is 0.567. The van der Waals surface area contributed by atoms with Crippen molar-refractivity contribution in [1.82, 2.24) is 4.98 Å². The van der Waals surface area contributed by atoms with E-state index in [9.17, 15) is 9.59 Å². The average molecular weight is 413 g/mol. The van der Waals surface area contributed by atoms with Crippen LogP contribution in [0.5, 0.6) is 0 Å². The maximum Gasteiger partial charge on any atom is 0.306 e. The van der Waals surface area contributed by atoms with Crippen LogP contribution in [0.15, 0.2) is 53.1 Å². The summed E-state index contributed by atoms with van der Waals surface area (Å²) in [5, 5.41) is 3.18. The molecule has 7 heteroatoms. The van der Waals surface area contributed by atoms with Gasteiger partial charge in [-0.25, -0.2) is 4.98 Å². The molecule has 0 spiro atoms. The van der Waals surface area contributed by atoms with Gasteiger partial charge in [-0.2, -0.15) is 0 Å². The minimum Gasteiger partial charge on any atom is -0.456 e. The molecule has 0 aliphatic heterocycles. The van der Waals surface area contributed by atoms with Crippen LogP contribution in [0.1, 0.15) is 23.4 Å². The van der Waals surface area contributed by atoms with Crippen molar-refractivity contribution in [2.75, 3.05) is 11.9 Å². The molecule has 0 saturated carbocycles. The van der Waals surface area contributed by atoms with Crippen molar-refractivity contribution in [3.8, 4) is 11.3 Å². The van der Waals surface area contributed by atoms with Gasteiger partial charge in [0.2, 0.25) is 0 Å². The van der Waals surface area contributed by atoms with Crippen LogP contribution < -0.4 is 5.32 Å². The Hall–Kier alpha value is -3.12. The number of nitrogens with one attached hydrogen (secondary N) is 1. The molecule has 2 aromatic carbocycles. The van der Waals surface area contributed by atoms with Gasteiger partial charge >= 0.3 is 5.97 Å². The van der Waals surface area contributed by atoms with E-state index in [1.54, 1.807) is 24.4 Å². The van der Waals surface area contributed by atoms with Crippen LogP contribution in [0.3, 0.4) is 0 Å². The number of rotatable bonds is 7. The first kappa shape index (κ1) is 20.6. The lowest BCUT2D eigenvalue weighted by Crippen LogP contribution is -2.21. The summed E-state index contributed by atoms with van der Waals surface area (Å²) in [7, 11) is 0. The van der Waals surface area contributed by atoms with E-state index < -0.39 is 11.9 Å². The van der Waals surface area contributed by atoms with E-state index in [2.05, 4.69) is 10.3 Å². The number of ether oxygens (including phenoxy) is 1. The van der Waals surface area contributed by atoms with Gasteiger partial charge in [-0.3, -0.25) is 9.59 Å². The maximum absolute atomic E-state index is 11.9. The number of anilines is 1. The number of carbonyl (C=O) groups excluding carboxylic acids is 2. The van der Waals surface area contributed by atoms with E-state index in [1.165, 1.54) is 0 Å². The number of aromatic nitrogens is 1. The smallest absolute Gasteiger partial charge is 0.306 e. The monoisotopic (exact) mass is 412 g/mol. The summed E-state index contributed by atoms with van der Waals surface area (Å²) in [4.78, 5) is 28.0. The first-order valence-electron chi connectivity index (χ1n) is 9.14. The normalized spacial score (nSPS) is 10.6. The van der Waals surface area contributed by atoms with E-state index in [1.807, 2.05) is 38.1 Å². The number of aryl methyl sites for hydroxylation is 3. The third-order valence-corrected chi connectivity index (χ3v) is 4.66. The summed E-state index contributed by atoms with van der Waals surface area (Å²) < 4.78 is 10.7. The van der Waals surface area contributed by atoms with E-state index in [0.29, 0.717) is 28.8 Å². The van der Waals surface area contributed by atoms with Gasteiger partial charge in [-0.15, -0.1) is 0 Å². The van der Waals surface area contributed by atoms with Crippen LogP contribution in [-0.4, -0.2) is 23.5 Å². The second kappa shape index (κ2) is 9.39. The Morgan fingerprint density at radius 1 is 1.14 bits per heavy atom.